The van der Waals surface area contributed by atoms with Crippen LogP contribution in [0.1, 0.15) is 37.1 Å². The first kappa shape index (κ1) is 15.0. The summed E-state index contributed by atoms with van der Waals surface area (Å²) >= 11 is 0.388. The minimum absolute atomic E-state index is 0.00326. The third kappa shape index (κ3) is 3.20. The van der Waals surface area contributed by atoms with Crippen LogP contribution in [0.5, 0.6) is 0 Å². The van der Waals surface area contributed by atoms with Crippen LogP contribution in [-0.2, 0) is 11.0 Å². The summed E-state index contributed by atoms with van der Waals surface area (Å²) in [6.45, 7) is 0.0782. The maximum atomic E-state index is 12.4. The van der Waals surface area contributed by atoms with Crippen LogP contribution in [-0.4, -0.2) is 27.8 Å². The lowest BCUT2D eigenvalue weighted by Gasteiger charge is -2.33. The van der Waals surface area contributed by atoms with Gasteiger partial charge in [-0.2, -0.15) is 13.2 Å². The number of aromatic nitrogens is 2. The van der Waals surface area contributed by atoms with Crippen molar-refractivity contribution >= 4 is 22.4 Å². The van der Waals surface area contributed by atoms with E-state index in [1.807, 2.05) is 0 Å². The monoisotopic (exact) mass is 309 g/mol. The van der Waals surface area contributed by atoms with Crippen molar-refractivity contribution in [3.05, 3.63) is 5.01 Å². The third-order valence-electron chi connectivity index (χ3n) is 3.51. The predicted molar refractivity (Wildman–Crippen MR) is 66.6 cm³/mol. The summed E-state index contributed by atoms with van der Waals surface area (Å²) in [5.74, 6) is -0.912. The van der Waals surface area contributed by atoms with Crippen LogP contribution in [0.15, 0.2) is 0 Å². The molecule has 2 N–H and O–H groups in total. The van der Waals surface area contributed by atoms with Crippen molar-refractivity contribution in [2.75, 3.05) is 11.9 Å². The lowest BCUT2D eigenvalue weighted by molar-refractivity contribution is -0.150. The maximum absolute atomic E-state index is 12.4. The van der Waals surface area contributed by atoms with Gasteiger partial charge in [0.15, 0.2) is 0 Å². The van der Waals surface area contributed by atoms with Crippen LogP contribution in [0, 0.1) is 5.41 Å². The molecular weight excluding hydrogens is 295 g/mol. The van der Waals surface area contributed by atoms with Crippen molar-refractivity contribution < 1.29 is 23.1 Å². The Morgan fingerprint density at radius 1 is 1.30 bits per heavy atom. The van der Waals surface area contributed by atoms with E-state index < -0.39 is 22.6 Å². The molecule has 0 bridgehead atoms. The van der Waals surface area contributed by atoms with Crippen LogP contribution in [0.3, 0.4) is 0 Å². The second kappa shape index (κ2) is 5.55. The fraction of sp³-hybridized carbons (Fsp3) is 0.727. The Kier molecular flexibility index (Phi) is 4.17. The summed E-state index contributed by atoms with van der Waals surface area (Å²) in [5.41, 5.74) is -0.914. The highest BCUT2D eigenvalue weighted by Crippen LogP contribution is 2.38. The Morgan fingerprint density at radius 2 is 1.95 bits per heavy atom. The number of halogens is 3. The summed E-state index contributed by atoms with van der Waals surface area (Å²) in [6.07, 6.45) is -0.838. The molecule has 1 aromatic rings. The van der Waals surface area contributed by atoms with Gasteiger partial charge in [-0.05, 0) is 12.8 Å². The summed E-state index contributed by atoms with van der Waals surface area (Å²) in [4.78, 5) is 11.4. The summed E-state index contributed by atoms with van der Waals surface area (Å²) in [7, 11) is 0. The van der Waals surface area contributed by atoms with E-state index in [9.17, 15) is 23.1 Å². The topological polar surface area (TPSA) is 75.1 Å². The number of nitrogens with zero attached hydrogens (tertiary/aromatic N) is 2. The van der Waals surface area contributed by atoms with E-state index in [0.717, 1.165) is 19.3 Å². The number of carbonyl (C=O) groups is 1. The zero-order valence-electron chi connectivity index (χ0n) is 10.5. The van der Waals surface area contributed by atoms with Crippen LogP contribution in [0.4, 0.5) is 18.3 Å². The second-order valence-corrected chi connectivity index (χ2v) is 5.89. The van der Waals surface area contributed by atoms with Gasteiger partial charge in [0.2, 0.25) is 10.1 Å². The molecule has 1 aliphatic rings. The van der Waals surface area contributed by atoms with Gasteiger partial charge in [-0.3, -0.25) is 4.79 Å². The van der Waals surface area contributed by atoms with E-state index in [-0.39, 0.29) is 11.7 Å². The average molecular weight is 309 g/mol. The van der Waals surface area contributed by atoms with Crippen molar-refractivity contribution in [1.29, 1.82) is 0 Å². The number of carboxylic acids is 1. The van der Waals surface area contributed by atoms with Crippen molar-refractivity contribution in [2.45, 2.75) is 38.3 Å². The minimum Gasteiger partial charge on any atom is -0.481 e. The molecule has 1 aliphatic carbocycles. The van der Waals surface area contributed by atoms with E-state index >= 15 is 0 Å². The highest BCUT2D eigenvalue weighted by atomic mass is 32.1. The largest absolute Gasteiger partial charge is 0.481 e. The second-order valence-electron chi connectivity index (χ2n) is 4.91. The van der Waals surface area contributed by atoms with Crippen LogP contribution in [0.25, 0.3) is 0 Å². The molecule has 20 heavy (non-hydrogen) atoms. The normalized spacial score (nSPS) is 18.8. The number of hydrogen-bond donors (Lipinski definition) is 2. The summed E-state index contributed by atoms with van der Waals surface area (Å²) < 4.78 is 37.2. The smallest absolute Gasteiger partial charge is 0.445 e. The lowest BCUT2D eigenvalue weighted by atomic mass is 9.74. The van der Waals surface area contributed by atoms with Crippen molar-refractivity contribution in [2.24, 2.45) is 5.41 Å². The van der Waals surface area contributed by atoms with E-state index in [1.165, 1.54) is 0 Å². The lowest BCUT2D eigenvalue weighted by Crippen LogP contribution is -2.39. The quantitative estimate of drug-likeness (QED) is 0.894. The standard InChI is InChI=1S/C11H14F3N3O2S/c12-11(13,14)7-16-17-9(20-7)15-6-10(8(18)19)4-2-1-3-5-10/h1-6H2,(H,15,17)(H,18,19). The first-order chi connectivity index (χ1) is 9.33. The molecule has 0 saturated heterocycles. The zero-order valence-corrected chi connectivity index (χ0v) is 11.4. The highest BCUT2D eigenvalue weighted by Gasteiger charge is 2.40. The molecule has 0 amide bonds. The molecule has 0 aromatic carbocycles. The number of carboxylic acid groups (broad SMARTS) is 1. The number of rotatable bonds is 4. The first-order valence-corrected chi connectivity index (χ1v) is 7.03. The van der Waals surface area contributed by atoms with Gasteiger partial charge < -0.3 is 10.4 Å². The Hall–Kier alpha value is -1.38. The van der Waals surface area contributed by atoms with Crippen molar-refractivity contribution in [3.63, 3.8) is 0 Å². The summed E-state index contributed by atoms with van der Waals surface area (Å²) in [6, 6.07) is 0. The highest BCUT2D eigenvalue weighted by molar-refractivity contribution is 7.15. The molecular formula is C11H14F3N3O2S. The molecule has 112 valence electrons. The van der Waals surface area contributed by atoms with Crippen LogP contribution in [0.2, 0.25) is 0 Å². The molecule has 0 spiro atoms. The first-order valence-electron chi connectivity index (χ1n) is 6.21. The minimum atomic E-state index is -4.52. The molecule has 0 aliphatic heterocycles. The van der Waals surface area contributed by atoms with Gasteiger partial charge in [-0.15, -0.1) is 10.2 Å². The van der Waals surface area contributed by atoms with Gasteiger partial charge in [0, 0.05) is 6.54 Å². The van der Waals surface area contributed by atoms with Crippen LogP contribution >= 0.6 is 11.3 Å². The zero-order chi connectivity index (χ0) is 14.8. The summed E-state index contributed by atoms with van der Waals surface area (Å²) in [5, 5.41) is 17.5. The number of nitrogens with one attached hydrogen (secondary N) is 1. The Bertz CT molecular complexity index is 484. The van der Waals surface area contributed by atoms with Gasteiger partial charge in [0.05, 0.1) is 5.41 Å². The number of alkyl halides is 3. The Morgan fingerprint density at radius 3 is 2.45 bits per heavy atom. The molecule has 0 atom stereocenters. The fourth-order valence-electron chi connectivity index (χ4n) is 2.35. The molecule has 0 unspecified atom stereocenters. The van der Waals surface area contributed by atoms with Gasteiger partial charge in [0.25, 0.3) is 0 Å². The van der Waals surface area contributed by atoms with Gasteiger partial charge >= 0.3 is 12.1 Å². The molecule has 1 aromatic heterocycles. The fourth-order valence-corrected chi connectivity index (χ4v) is 2.96. The molecule has 1 heterocycles. The van der Waals surface area contributed by atoms with E-state index in [4.69, 9.17) is 0 Å². The average Bonchev–Trinajstić information content (AvgIpc) is 2.86. The maximum Gasteiger partial charge on any atom is 0.445 e. The van der Waals surface area contributed by atoms with E-state index in [2.05, 4.69) is 15.5 Å². The molecule has 0 radical (unpaired) electrons. The molecule has 5 nitrogen and oxygen atoms in total. The van der Waals surface area contributed by atoms with E-state index in [1.54, 1.807) is 0 Å². The van der Waals surface area contributed by atoms with E-state index in [0.29, 0.717) is 24.2 Å². The van der Waals surface area contributed by atoms with Gasteiger partial charge in [-0.25, -0.2) is 0 Å². The van der Waals surface area contributed by atoms with Crippen LogP contribution < -0.4 is 5.32 Å². The number of aliphatic carboxylic acids is 1. The van der Waals surface area contributed by atoms with Crippen molar-refractivity contribution in [1.82, 2.24) is 10.2 Å². The SMILES string of the molecule is O=C(O)C1(CNc2nnc(C(F)(F)F)s2)CCCCC1. The molecule has 9 heteroatoms. The Labute approximate surface area is 117 Å². The van der Waals surface area contributed by atoms with Gasteiger partial charge in [0.1, 0.15) is 0 Å². The molecule has 2 rings (SSSR count). The Balaban J connectivity index is 2.03. The molecule has 1 fully saturated rings. The number of anilines is 1. The molecule has 1 saturated carbocycles. The predicted octanol–water partition coefficient (Wildman–Crippen LogP) is 3.00. The third-order valence-corrected chi connectivity index (χ3v) is 4.44. The number of hydrogen-bond acceptors (Lipinski definition) is 5. The van der Waals surface area contributed by atoms with Gasteiger partial charge in [-0.1, -0.05) is 30.6 Å². The van der Waals surface area contributed by atoms with Crippen molar-refractivity contribution in [3.8, 4) is 0 Å².